The Morgan fingerprint density at radius 2 is 1.88 bits per heavy atom. The standard InChI is InChI=1S/C25H23N3O4S/c1-4-6-19-26-27-25(33-19)28-21(15-8-10-16(11-9-15)31-5-2)20-22(29)17-13-14(3)7-12-18(17)32-23(20)24(28)30/h7-13,21H,4-6H2,1-3H3. The zero-order valence-electron chi connectivity index (χ0n) is 18.6. The van der Waals surface area contributed by atoms with Gasteiger partial charge in [-0.3, -0.25) is 14.5 Å². The topological polar surface area (TPSA) is 85.5 Å². The molecular weight excluding hydrogens is 438 g/mol. The third-order valence-corrected chi connectivity index (χ3v) is 6.64. The van der Waals surface area contributed by atoms with E-state index in [4.69, 9.17) is 9.15 Å². The van der Waals surface area contributed by atoms with Gasteiger partial charge in [-0.2, -0.15) is 0 Å². The van der Waals surface area contributed by atoms with Crippen molar-refractivity contribution in [3.8, 4) is 5.75 Å². The lowest BCUT2D eigenvalue weighted by molar-refractivity contribution is 0.0970. The van der Waals surface area contributed by atoms with Gasteiger partial charge in [0, 0.05) is 6.42 Å². The fraction of sp³-hybridized carbons (Fsp3) is 0.280. The van der Waals surface area contributed by atoms with Crippen molar-refractivity contribution in [3.05, 3.63) is 80.1 Å². The molecule has 2 aromatic carbocycles. The second kappa shape index (κ2) is 8.44. The molecule has 33 heavy (non-hydrogen) atoms. The number of nitrogens with zero attached hydrogens (tertiary/aromatic N) is 3. The minimum atomic E-state index is -0.660. The summed E-state index contributed by atoms with van der Waals surface area (Å²) in [5.74, 6) is 0.393. The molecule has 0 saturated heterocycles. The predicted molar refractivity (Wildman–Crippen MR) is 127 cm³/mol. The maximum atomic E-state index is 13.7. The van der Waals surface area contributed by atoms with E-state index in [9.17, 15) is 9.59 Å². The highest BCUT2D eigenvalue weighted by atomic mass is 32.1. The van der Waals surface area contributed by atoms with Crippen LogP contribution in [0.3, 0.4) is 0 Å². The average Bonchev–Trinajstić information content (AvgIpc) is 3.38. The molecule has 0 radical (unpaired) electrons. The maximum absolute atomic E-state index is 13.7. The largest absolute Gasteiger partial charge is 0.494 e. The third kappa shape index (κ3) is 3.60. The van der Waals surface area contributed by atoms with Gasteiger partial charge in [-0.15, -0.1) is 10.2 Å². The molecule has 0 N–H and O–H groups in total. The quantitative estimate of drug-likeness (QED) is 0.399. The molecule has 0 fully saturated rings. The highest BCUT2D eigenvalue weighted by Crippen LogP contribution is 2.42. The van der Waals surface area contributed by atoms with Crippen LogP contribution >= 0.6 is 11.3 Å². The number of benzene rings is 2. The van der Waals surface area contributed by atoms with E-state index in [0.29, 0.717) is 28.3 Å². The molecule has 0 spiro atoms. The molecule has 0 saturated carbocycles. The first-order chi connectivity index (χ1) is 16.0. The summed E-state index contributed by atoms with van der Waals surface area (Å²) in [5, 5.41) is 10.3. The van der Waals surface area contributed by atoms with Crippen LogP contribution in [-0.4, -0.2) is 22.7 Å². The van der Waals surface area contributed by atoms with E-state index in [-0.39, 0.29) is 17.1 Å². The van der Waals surface area contributed by atoms with Gasteiger partial charge < -0.3 is 9.15 Å². The molecule has 1 atom stereocenters. The van der Waals surface area contributed by atoms with Gasteiger partial charge in [0.15, 0.2) is 5.43 Å². The molecule has 5 rings (SSSR count). The fourth-order valence-corrected chi connectivity index (χ4v) is 5.14. The lowest BCUT2D eigenvalue weighted by Gasteiger charge is -2.22. The van der Waals surface area contributed by atoms with E-state index in [1.165, 1.54) is 16.2 Å². The molecule has 3 heterocycles. The maximum Gasteiger partial charge on any atom is 0.297 e. The number of amides is 1. The van der Waals surface area contributed by atoms with Crippen LogP contribution in [0.15, 0.2) is 51.7 Å². The zero-order chi connectivity index (χ0) is 23.1. The summed E-state index contributed by atoms with van der Waals surface area (Å²) < 4.78 is 11.6. The number of carbonyl (C=O) groups excluding carboxylic acids is 1. The van der Waals surface area contributed by atoms with Crippen LogP contribution in [-0.2, 0) is 6.42 Å². The molecule has 8 heteroatoms. The number of fused-ring (bicyclic) bond motifs is 2. The number of hydrogen-bond acceptors (Lipinski definition) is 7. The molecule has 1 aliphatic heterocycles. The number of anilines is 1. The van der Waals surface area contributed by atoms with Crippen LogP contribution in [0.2, 0.25) is 0 Å². The second-order valence-corrected chi connectivity index (χ2v) is 9.02. The summed E-state index contributed by atoms with van der Waals surface area (Å²) in [7, 11) is 0. The van der Waals surface area contributed by atoms with Crippen molar-refractivity contribution in [2.45, 2.75) is 39.7 Å². The molecule has 0 aliphatic carbocycles. The summed E-state index contributed by atoms with van der Waals surface area (Å²) in [4.78, 5) is 28.8. The number of ether oxygens (including phenoxy) is 1. The van der Waals surface area contributed by atoms with Crippen molar-refractivity contribution in [1.82, 2.24) is 10.2 Å². The molecule has 1 amide bonds. The first-order valence-corrected chi connectivity index (χ1v) is 11.8. The van der Waals surface area contributed by atoms with Crippen molar-refractivity contribution in [1.29, 1.82) is 0 Å². The first-order valence-electron chi connectivity index (χ1n) is 11.0. The molecular formula is C25H23N3O4S. The Labute approximate surface area is 194 Å². The smallest absolute Gasteiger partial charge is 0.297 e. The summed E-state index contributed by atoms with van der Waals surface area (Å²) in [5.41, 5.74) is 2.24. The summed E-state index contributed by atoms with van der Waals surface area (Å²) in [6.45, 7) is 6.46. The van der Waals surface area contributed by atoms with Gasteiger partial charge in [0.1, 0.15) is 16.3 Å². The van der Waals surface area contributed by atoms with Gasteiger partial charge in [0.05, 0.1) is 23.6 Å². The van der Waals surface area contributed by atoms with E-state index in [0.717, 1.165) is 34.7 Å². The third-order valence-electron chi connectivity index (χ3n) is 5.66. The lowest BCUT2D eigenvalue weighted by Crippen LogP contribution is -2.29. The number of aryl methyl sites for hydroxylation is 2. The Balaban J connectivity index is 1.72. The van der Waals surface area contributed by atoms with Crippen LogP contribution in [0.4, 0.5) is 5.13 Å². The Kier molecular flexibility index (Phi) is 5.46. The van der Waals surface area contributed by atoms with E-state index < -0.39 is 6.04 Å². The zero-order valence-corrected chi connectivity index (χ0v) is 19.4. The summed E-state index contributed by atoms with van der Waals surface area (Å²) >= 11 is 1.37. The van der Waals surface area contributed by atoms with Gasteiger partial charge in [-0.05, 0) is 50.1 Å². The minimum absolute atomic E-state index is 0.0579. The first kappa shape index (κ1) is 21.3. The second-order valence-electron chi connectivity index (χ2n) is 7.98. The van der Waals surface area contributed by atoms with Crippen LogP contribution in [0.25, 0.3) is 11.0 Å². The SMILES string of the molecule is CCCc1nnc(N2C(=O)c3oc4ccc(C)cc4c(=O)c3C2c2ccc(OCC)cc2)s1. The molecule has 2 aromatic heterocycles. The van der Waals surface area contributed by atoms with E-state index in [1.807, 2.05) is 44.2 Å². The number of hydrogen-bond donors (Lipinski definition) is 0. The van der Waals surface area contributed by atoms with Crippen LogP contribution < -0.4 is 15.1 Å². The average molecular weight is 462 g/mol. The van der Waals surface area contributed by atoms with E-state index in [1.54, 1.807) is 12.1 Å². The van der Waals surface area contributed by atoms with Crippen molar-refractivity contribution in [3.63, 3.8) is 0 Å². The molecule has 1 unspecified atom stereocenters. The lowest BCUT2D eigenvalue weighted by atomic mass is 9.98. The Morgan fingerprint density at radius 3 is 2.61 bits per heavy atom. The van der Waals surface area contributed by atoms with Gasteiger partial charge in [0.25, 0.3) is 5.91 Å². The Bertz CT molecular complexity index is 1410. The van der Waals surface area contributed by atoms with Crippen molar-refractivity contribution in [2.75, 3.05) is 11.5 Å². The predicted octanol–water partition coefficient (Wildman–Crippen LogP) is 5.05. The molecule has 7 nitrogen and oxygen atoms in total. The molecule has 1 aliphatic rings. The van der Waals surface area contributed by atoms with Crippen LogP contribution in [0, 0.1) is 6.92 Å². The van der Waals surface area contributed by atoms with Crippen LogP contribution in [0.1, 0.15) is 58.6 Å². The van der Waals surface area contributed by atoms with Gasteiger partial charge in [-0.25, -0.2) is 0 Å². The fourth-order valence-electron chi connectivity index (χ4n) is 4.17. The van der Waals surface area contributed by atoms with E-state index >= 15 is 0 Å². The Morgan fingerprint density at radius 1 is 1.09 bits per heavy atom. The Hall–Kier alpha value is -3.52. The number of aromatic nitrogens is 2. The molecule has 168 valence electrons. The van der Waals surface area contributed by atoms with Crippen molar-refractivity contribution >= 4 is 33.3 Å². The molecule has 0 bridgehead atoms. The summed E-state index contributed by atoms with van der Waals surface area (Å²) in [6.07, 6.45) is 1.70. The van der Waals surface area contributed by atoms with Crippen molar-refractivity contribution < 1.29 is 13.9 Å². The monoisotopic (exact) mass is 461 g/mol. The summed E-state index contributed by atoms with van der Waals surface area (Å²) in [6, 6.07) is 12.2. The normalized spacial score (nSPS) is 15.3. The van der Waals surface area contributed by atoms with Gasteiger partial charge in [0.2, 0.25) is 10.9 Å². The van der Waals surface area contributed by atoms with Crippen LogP contribution in [0.5, 0.6) is 5.75 Å². The highest BCUT2D eigenvalue weighted by Gasteiger charge is 2.45. The van der Waals surface area contributed by atoms with Crippen molar-refractivity contribution in [2.24, 2.45) is 0 Å². The van der Waals surface area contributed by atoms with Gasteiger partial charge >= 0.3 is 0 Å². The minimum Gasteiger partial charge on any atom is -0.494 e. The number of rotatable bonds is 6. The van der Waals surface area contributed by atoms with Gasteiger partial charge in [-0.1, -0.05) is 42.0 Å². The molecule has 4 aromatic rings. The number of carbonyl (C=O) groups is 1. The highest BCUT2D eigenvalue weighted by molar-refractivity contribution is 7.15. The van der Waals surface area contributed by atoms with E-state index in [2.05, 4.69) is 17.1 Å².